The molecule has 1 saturated heterocycles. The standard InChI is InChI=1S/C12H21N3O2/c1-12(2)7-17-6-9(11(13)8-3-4-8)15(14)10(12)5-16/h5,8,10H,3-4,6-7,13-14H2,1-2H3/b11-9-. The fraction of sp³-hybridized carbons (Fsp3) is 0.750. The molecule has 5 heteroatoms. The number of ether oxygens (including phenoxy) is 1. The van der Waals surface area contributed by atoms with Gasteiger partial charge in [-0.1, -0.05) is 13.8 Å². The van der Waals surface area contributed by atoms with Crippen molar-refractivity contribution in [1.82, 2.24) is 5.01 Å². The van der Waals surface area contributed by atoms with E-state index < -0.39 is 6.04 Å². The molecule has 0 bridgehead atoms. The molecule has 2 fully saturated rings. The predicted molar refractivity (Wildman–Crippen MR) is 64.4 cm³/mol. The number of hydrogen-bond donors (Lipinski definition) is 2. The molecule has 0 aromatic rings. The first-order valence-corrected chi connectivity index (χ1v) is 6.03. The maximum atomic E-state index is 11.3. The highest BCUT2D eigenvalue weighted by molar-refractivity contribution is 5.60. The van der Waals surface area contributed by atoms with Gasteiger partial charge in [0.2, 0.25) is 0 Å². The van der Waals surface area contributed by atoms with Crippen molar-refractivity contribution in [2.45, 2.75) is 32.7 Å². The Hall–Kier alpha value is -1.07. The van der Waals surface area contributed by atoms with Gasteiger partial charge < -0.3 is 20.3 Å². The second kappa shape index (κ2) is 4.31. The fourth-order valence-electron chi connectivity index (χ4n) is 2.23. The molecule has 2 rings (SSSR count). The van der Waals surface area contributed by atoms with Crippen LogP contribution in [0.5, 0.6) is 0 Å². The fourth-order valence-corrected chi connectivity index (χ4v) is 2.23. The van der Waals surface area contributed by atoms with Crippen LogP contribution in [0.15, 0.2) is 11.4 Å². The Morgan fingerprint density at radius 1 is 1.53 bits per heavy atom. The van der Waals surface area contributed by atoms with Gasteiger partial charge in [0.25, 0.3) is 0 Å². The predicted octanol–water partition coefficient (Wildman–Crippen LogP) is 0.366. The zero-order chi connectivity index (χ0) is 12.6. The zero-order valence-corrected chi connectivity index (χ0v) is 10.5. The second-order valence-corrected chi connectivity index (χ2v) is 5.65. The van der Waals surface area contributed by atoms with Gasteiger partial charge in [-0.05, 0) is 12.8 Å². The Morgan fingerprint density at radius 3 is 2.71 bits per heavy atom. The third kappa shape index (κ3) is 2.30. The molecule has 4 N–H and O–H groups in total. The lowest BCUT2D eigenvalue weighted by Crippen LogP contribution is -2.50. The average Bonchev–Trinajstić information content (AvgIpc) is 3.06. The zero-order valence-electron chi connectivity index (χ0n) is 10.5. The maximum Gasteiger partial charge on any atom is 0.144 e. The topological polar surface area (TPSA) is 81.6 Å². The Bertz CT molecular complexity index is 348. The van der Waals surface area contributed by atoms with Crippen LogP contribution in [0.3, 0.4) is 0 Å². The summed E-state index contributed by atoms with van der Waals surface area (Å²) in [6, 6.07) is -0.391. The van der Waals surface area contributed by atoms with Gasteiger partial charge in [0.05, 0.1) is 18.9 Å². The highest BCUT2D eigenvalue weighted by atomic mass is 16.5. The minimum Gasteiger partial charge on any atom is -0.400 e. The summed E-state index contributed by atoms with van der Waals surface area (Å²) in [6.45, 7) is 4.85. The molecule has 1 aliphatic carbocycles. The van der Waals surface area contributed by atoms with Crippen molar-refractivity contribution in [3.63, 3.8) is 0 Å². The molecule has 96 valence electrons. The van der Waals surface area contributed by atoms with Gasteiger partial charge in [-0.3, -0.25) is 0 Å². The SMILES string of the molecule is CC1(C)COC/C(=C(/N)C2CC2)N(N)C1C=O. The lowest BCUT2D eigenvalue weighted by Gasteiger charge is -2.34. The van der Waals surface area contributed by atoms with Crippen molar-refractivity contribution in [3.8, 4) is 0 Å². The van der Waals surface area contributed by atoms with Gasteiger partial charge in [0.15, 0.2) is 0 Å². The van der Waals surface area contributed by atoms with Gasteiger partial charge >= 0.3 is 0 Å². The molecule has 1 heterocycles. The molecule has 0 aromatic carbocycles. The molecule has 1 aliphatic heterocycles. The minimum absolute atomic E-state index is 0.303. The van der Waals surface area contributed by atoms with E-state index in [1.165, 1.54) is 5.01 Å². The molecule has 0 amide bonds. The summed E-state index contributed by atoms with van der Waals surface area (Å²) in [4.78, 5) is 11.3. The Morgan fingerprint density at radius 2 is 2.18 bits per heavy atom. The van der Waals surface area contributed by atoms with E-state index in [-0.39, 0.29) is 5.41 Å². The Labute approximate surface area is 102 Å². The monoisotopic (exact) mass is 239 g/mol. The first kappa shape index (κ1) is 12.4. The summed E-state index contributed by atoms with van der Waals surface area (Å²) in [5.74, 6) is 6.48. The number of carbonyl (C=O) groups excluding carboxylic acids is 1. The van der Waals surface area contributed by atoms with Gasteiger partial charge in [-0.15, -0.1) is 0 Å². The van der Waals surface area contributed by atoms with Gasteiger partial charge in [0, 0.05) is 17.0 Å². The molecule has 1 saturated carbocycles. The van der Waals surface area contributed by atoms with Crippen LogP contribution >= 0.6 is 0 Å². The summed E-state index contributed by atoms with van der Waals surface area (Å²) in [6.07, 6.45) is 3.10. The average molecular weight is 239 g/mol. The summed E-state index contributed by atoms with van der Waals surface area (Å²) in [5, 5.41) is 1.51. The smallest absolute Gasteiger partial charge is 0.144 e. The largest absolute Gasteiger partial charge is 0.400 e. The molecule has 5 nitrogen and oxygen atoms in total. The van der Waals surface area contributed by atoms with Gasteiger partial charge in [0.1, 0.15) is 12.3 Å². The lowest BCUT2D eigenvalue weighted by atomic mass is 9.86. The molecule has 0 radical (unpaired) electrons. The Kier molecular flexibility index (Phi) is 3.14. The van der Waals surface area contributed by atoms with E-state index in [4.69, 9.17) is 16.3 Å². The van der Waals surface area contributed by atoms with Crippen LogP contribution in [0.4, 0.5) is 0 Å². The van der Waals surface area contributed by atoms with E-state index in [1.54, 1.807) is 0 Å². The molecule has 17 heavy (non-hydrogen) atoms. The lowest BCUT2D eigenvalue weighted by molar-refractivity contribution is -0.115. The molecular weight excluding hydrogens is 218 g/mol. The number of rotatable bonds is 2. The van der Waals surface area contributed by atoms with Crippen molar-refractivity contribution in [2.75, 3.05) is 13.2 Å². The summed E-state index contributed by atoms with van der Waals surface area (Å²) in [7, 11) is 0. The highest BCUT2D eigenvalue weighted by Gasteiger charge is 2.39. The number of carbonyl (C=O) groups is 1. The van der Waals surface area contributed by atoms with Crippen LogP contribution in [0.25, 0.3) is 0 Å². The summed E-state index contributed by atoms with van der Waals surface area (Å²) in [5.41, 5.74) is 7.34. The van der Waals surface area contributed by atoms with E-state index in [0.717, 1.165) is 30.5 Å². The number of hydrazine groups is 1. The third-order valence-electron chi connectivity index (χ3n) is 3.60. The minimum atomic E-state index is -0.391. The summed E-state index contributed by atoms with van der Waals surface area (Å²) >= 11 is 0. The van der Waals surface area contributed by atoms with E-state index in [1.807, 2.05) is 13.8 Å². The number of hydrogen-bond acceptors (Lipinski definition) is 5. The van der Waals surface area contributed by atoms with Crippen molar-refractivity contribution in [2.24, 2.45) is 22.9 Å². The first-order valence-electron chi connectivity index (χ1n) is 6.03. The van der Waals surface area contributed by atoms with Crippen LogP contribution in [0.1, 0.15) is 26.7 Å². The molecule has 0 spiro atoms. The van der Waals surface area contributed by atoms with Crippen LogP contribution in [-0.2, 0) is 9.53 Å². The molecular formula is C12H21N3O2. The third-order valence-corrected chi connectivity index (χ3v) is 3.60. The number of nitrogens with zero attached hydrogens (tertiary/aromatic N) is 1. The maximum absolute atomic E-state index is 11.3. The quantitative estimate of drug-likeness (QED) is 0.537. The van der Waals surface area contributed by atoms with Gasteiger partial charge in [-0.25, -0.2) is 5.84 Å². The van der Waals surface area contributed by atoms with Crippen LogP contribution < -0.4 is 11.6 Å². The van der Waals surface area contributed by atoms with E-state index in [9.17, 15) is 4.79 Å². The van der Waals surface area contributed by atoms with Crippen molar-refractivity contribution >= 4 is 6.29 Å². The normalized spacial score (nSPS) is 31.9. The number of allylic oxidation sites excluding steroid dienone is 1. The number of nitrogens with two attached hydrogens (primary N) is 2. The number of aldehydes is 1. The van der Waals surface area contributed by atoms with Gasteiger partial charge in [-0.2, -0.15) is 0 Å². The Balaban J connectivity index is 2.31. The van der Waals surface area contributed by atoms with Crippen LogP contribution in [0.2, 0.25) is 0 Å². The van der Waals surface area contributed by atoms with E-state index in [2.05, 4.69) is 0 Å². The molecule has 1 atom stereocenters. The van der Waals surface area contributed by atoms with E-state index >= 15 is 0 Å². The molecule has 0 aromatic heterocycles. The second-order valence-electron chi connectivity index (χ2n) is 5.65. The highest BCUT2D eigenvalue weighted by Crippen LogP contribution is 2.37. The first-order chi connectivity index (χ1) is 7.97. The van der Waals surface area contributed by atoms with Crippen molar-refractivity contribution in [3.05, 3.63) is 11.4 Å². The summed E-state index contributed by atoms with van der Waals surface area (Å²) < 4.78 is 5.61. The van der Waals surface area contributed by atoms with Crippen molar-refractivity contribution in [1.29, 1.82) is 0 Å². The molecule has 1 unspecified atom stereocenters. The van der Waals surface area contributed by atoms with E-state index in [0.29, 0.717) is 19.1 Å². The van der Waals surface area contributed by atoms with Crippen molar-refractivity contribution < 1.29 is 9.53 Å². The van der Waals surface area contributed by atoms with Crippen LogP contribution in [-0.4, -0.2) is 30.6 Å². The van der Waals surface area contributed by atoms with Crippen LogP contribution in [0, 0.1) is 11.3 Å². The molecule has 2 aliphatic rings.